The van der Waals surface area contributed by atoms with E-state index in [1.807, 2.05) is 0 Å². The second-order valence-corrected chi connectivity index (χ2v) is 3.49. The largest absolute Gasteiger partial charge is 0.480 e. The maximum absolute atomic E-state index is 12.8. The van der Waals surface area contributed by atoms with E-state index in [9.17, 15) is 18.8 Å². The molecule has 102 valence electrons. The summed E-state index contributed by atoms with van der Waals surface area (Å²) in [5.41, 5.74) is -0.281. The Bertz CT molecular complexity index is 506. The highest BCUT2D eigenvalue weighted by molar-refractivity contribution is 5.95. The third-order valence-corrected chi connectivity index (χ3v) is 2.15. The fourth-order valence-corrected chi connectivity index (χ4v) is 1.22. The summed E-state index contributed by atoms with van der Waals surface area (Å²) in [6.45, 7) is 0. The Labute approximate surface area is 107 Å². The molecule has 0 aliphatic carbocycles. The second kappa shape index (κ2) is 6.43. The first kappa shape index (κ1) is 14.6. The van der Waals surface area contributed by atoms with Gasteiger partial charge in [-0.05, 0) is 12.1 Å². The predicted octanol–water partition coefficient (Wildman–Crippen LogP) is -0.0332. The molecule has 0 aromatic carbocycles. The second-order valence-electron chi connectivity index (χ2n) is 3.49. The Morgan fingerprint density at radius 1 is 1.47 bits per heavy atom. The first-order valence-electron chi connectivity index (χ1n) is 5.17. The number of aliphatic carboxylic acids is 1. The first-order valence-corrected chi connectivity index (χ1v) is 5.17. The predicted molar refractivity (Wildman–Crippen MR) is 59.7 cm³/mol. The Balaban J connectivity index is 2.77. The minimum absolute atomic E-state index is 0.281. The number of carbonyl (C=O) groups is 3. The van der Waals surface area contributed by atoms with Gasteiger partial charge in [0.1, 0.15) is 11.7 Å². The maximum atomic E-state index is 12.8. The molecule has 1 rings (SSSR count). The van der Waals surface area contributed by atoms with Crippen LogP contribution in [-0.4, -0.2) is 41.1 Å². The molecule has 0 saturated heterocycles. The van der Waals surface area contributed by atoms with Crippen LogP contribution in [0.15, 0.2) is 18.2 Å². The number of rotatable bonds is 5. The molecule has 0 bridgehead atoms. The van der Waals surface area contributed by atoms with Gasteiger partial charge in [0.05, 0.1) is 13.5 Å². The number of hydrogen-bond acceptors (Lipinski definition) is 5. The molecular formula is C11H11FN2O5. The highest BCUT2D eigenvalue weighted by Gasteiger charge is 2.24. The number of pyridine rings is 1. The minimum Gasteiger partial charge on any atom is -0.480 e. The third kappa shape index (κ3) is 4.34. The fourth-order valence-electron chi connectivity index (χ4n) is 1.22. The quantitative estimate of drug-likeness (QED) is 0.574. The van der Waals surface area contributed by atoms with E-state index in [0.717, 1.165) is 13.2 Å². The zero-order chi connectivity index (χ0) is 14.4. The van der Waals surface area contributed by atoms with Crippen LogP contribution in [-0.2, 0) is 14.3 Å². The number of nitrogens with zero attached hydrogens (tertiary/aromatic N) is 1. The molecule has 0 unspecified atom stereocenters. The van der Waals surface area contributed by atoms with Crippen molar-refractivity contribution in [2.45, 2.75) is 12.5 Å². The molecule has 0 aliphatic heterocycles. The van der Waals surface area contributed by atoms with Gasteiger partial charge in [-0.15, -0.1) is 0 Å². The zero-order valence-corrected chi connectivity index (χ0v) is 9.92. The van der Waals surface area contributed by atoms with E-state index in [4.69, 9.17) is 5.11 Å². The van der Waals surface area contributed by atoms with Gasteiger partial charge in [-0.3, -0.25) is 9.59 Å². The van der Waals surface area contributed by atoms with Crippen LogP contribution in [0.3, 0.4) is 0 Å². The average molecular weight is 270 g/mol. The van der Waals surface area contributed by atoms with Crippen molar-refractivity contribution in [3.63, 3.8) is 0 Å². The number of amides is 1. The smallest absolute Gasteiger partial charge is 0.326 e. The van der Waals surface area contributed by atoms with Gasteiger partial charge in [0.15, 0.2) is 0 Å². The van der Waals surface area contributed by atoms with Crippen molar-refractivity contribution in [2.75, 3.05) is 7.11 Å². The number of hydrogen-bond donors (Lipinski definition) is 2. The fraction of sp³-hybridized carbons (Fsp3) is 0.273. The highest BCUT2D eigenvalue weighted by atomic mass is 19.1. The van der Waals surface area contributed by atoms with Crippen LogP contribution in [0, 0.1) is 5.95 Å². The molecule has 0 saturated carbocycles. The van der Waals surface area contributed by atoms with Crippen LogP contribution in [0.1, 0.15) is 16.9 Å². The molecule has 19 heavy (non-hydrogen) atoms. The topological polar surface area (TPSA) is 106 Å². The van der Waals surface area contributed by atoms with Crippen LogP contribution >= 0.6 is 0 Å². The van der Waals surface area contributed by atoms with E-state index >= 15 is 0 Å². The number of ether oxygens (including phenoxy) is 1. The molecule has 8 heteroatoms. The van der Waals surface area contributed by atoms with Crippen LogP contribution in [0.4, 0.5) is 4.39 Å². The van der Waals surface area contributed by atoms with Gasteiger partial charge in [-0.1, -0.05) is 6.07 Å². The average Bonchev–Trinajstić information content (AvgIpc) is 2.37. The van der Waals surface area contributed by atoms with E-state index in [2.05, 4.69) is 15.0 Å². The molecule has 1 aromatic rings. The number of esters is 1. The lowest BCUT2D eigenvalue weighted by atomic mass is 10.2. The Hall–Kier alpha value is -2.51. The molecule has 0 spiro atoms. The van der Waals surface area contributed by atoms with E-state index in [-0.39, 0.29) is 5.69 Å². The van der Waals surface area contributed by atoms with Crippen LogP contribution in [0.5, 0.6) is 0 Å². The Kier molecular flexibility index (Phi) is 4.92. The lowest BCUT2D eigenvalue weighted by molar-refractivity contribution is -0.147. The SMILES string of the molecule is COC(=O)C[C@H](NC(=O)c1cccc(F)n1)C(=O)O. The van der Waals surface area contributed by atoms with E-state index in [0.29, 0.717) is 0 Å². The minimum atomic E-state index is -1.47. The molecule has 7 nitrogen and oxygen atoms in total. The molecule has 1 heterocycles. The number of methoxy groups -OCH3 is 1. The molecule has 2 N–H and O–H groups in total. The summed E-state index contributed by atoms with van der Waals surface area (Å²) in [6, 6.07) is 2.05. The van der Waals surface area contributed by atoms with Crippen LogP contribution < -0.4 is 5.32 Å². The van der Waals surface area contributed by atoms with Crippen molar-refractivity contribution in [1.82, 2.24) is 10.3 Å². The Morgan fingerprint density at radius 3 is 2.68 bits per heavy atom. The third-order valence-electron chi connectivity index (χ3n) is 2.15. The zero-order valence-electron chi connectivity index (χ0n) is 9.92. The summed E-state index contributed by atoms with van der Waals surface area (Å²) in [4.78, 5) is 36.8. The van der Waals surface area contributed by atoms with Crippen LogP contribution in [0.2, 0.25) is 0 Å². The van der Waals surface area contributed by atoms with Crippen molar-refractivity contribution >= 4 is 17.8 Å². The lowest BCUT2D eigenvalue weighted by Crippen LogP contribution is -2.42. The number of carboxylic acid groups (broad SMARTS) is 1. The number of carboxylic acids is 1. The highest BCUT2D eigenvalue weighted by Crippen LogP contribution is 2.01. The number of carbonyl (C=O) groups excluding carboxylic acids is 2. The molecule has 0 radical (unpaired) electrons. The van der Waals surface area contributed by atoms with Gasteiger partial charge in [0.25, 0.3) is 5.91 Å². The van der Waals surface area contributed by atoms with Gasteiger partial charge in [-0.2, -0.15) is 4.39 Å². The molecule has 0 fully saturated rings. The van der Waals surface area contributed by atoms with Gasteiger partial charge in [0, 0.05) is 0 Å². The van der Waals surface area contributed by atoms with Gasteiger partial charge in [-0.25, -0.2) is 9.78 Å². The Morgan fingerprint density at radius 2 is 2.16 bits per heavy atom. The molecule has 0 aliphatic rings. The molecular weight excluding hydrogens is 259 g/mol. The normalized spacial score (nSPS) is 11.5. The van der Waals surface area contributed by atoms with E-state index in [1.54, 1.807) is 0 Å². The van der Waals surface area contributed by atoms with Crippen LogP contribution in [0.25, 0.3) is 0 Å². The number of aromatic nitrogens is 1. The summed E-state index contributed by atoms with van der Waals surface area (Å²) in [5.74, 6) is -3.96. The summed E-state index contributed by atoms with van der Waals surface area (Å²) < 4.78 is 17.1. The lowest BCUT2D eigenvalue weighted by Gasteiger charge is -2.12. The number of nitrogens with one attached hydrogen (secondary N) is 1. The van der Waals surface area contributed by atoms with Gasteiger partial charge in [0.2, 0.25) is 5.95 Å². The van der Waals surface area contributed by atoms with E-state index < -0.39 is 36.3 Å². The summed E-state index contributed by atoms with van der Waals surface area (Å²) in [5, 5.41) is 10.9. The first-order chi connectivity index (χ1) is 8.93. The molecule has 1 aromatic heterocycles. The molecule has 1 atom stereocenters. The summed E-state index contributed by atoms with van der Waals surface area (Å²) in [7, 11) is 1.09. The summed E-state index contributed by atoms with van der Waals surface area (Å²) >= 11 is 0. The maximum Gasteiger partial charge on any atom is 0.326 e. The number of halogens is 1. The van der Waals surface area contributed by atoms with E-state index in [1.165, 1.54) is 12.1 Å². The van der Waals surface area contributed by atoms with Gasteiger partial charge < -0.3 is 15.2 Å². The van der Waals surface area contributed by atoms with Crippen molar-refractivity contribution in [1.29, 1.82) is 0 Å². The van der Waals surface area contributed by atoms with Crippen molar-refractivity contribution in [3.05, 3.63) is 29.8 Å². The molecule has 1 amide bonds. The van der Waals surface area contributed by atoms with Gasteiger partial charge >= 0.3 is 11.9 Å². The standard InChI is InChI=1S/C11H11FN2O5/c1-19-9(15)5-7(11(17)18)14-10(16)6-3-2-4-8(12)13-6/h2-4,7H,5H2,1H3,(H,14,16)(H,17,18)/t7-/m0/s1. The van der Waals surface area contributed by atoms with Crippen molar-refractivity contribution in [3.8, 4) is 0 Å². The van der Waals surface area contributed by atoms with Crippen molar-refractivity contribution in [2.24, 2.45) is 0 Å². The summed E-state index contributed by atoms with van der Waals surface area (Å²) in [6.07, 6.45) is -0.535. The monoisotopic (exact) mass is 270 g/mol. The van der Waals surface area contributed by atoms with Crippen molar-refractivity contribution < 1.29 is 28.6 Å².